The highest BCUT2D eigenvalue weighted by Crippen LogP contribution is 2.35. The molecule has 0 saturated carbocycles. The molecule has 1 aliphatic rings. The zero-order chi connectivity index (χ0) is 12.7. The van der Waals surface area contributed by atoms with Gasteiger partial charge in [0.15, 0.2) is 0 Å². The third-order valence-corrected chi connectivity index (χ3v) is 3.24. The van der Waals surface area contributed by atoms with E-state index in [1.54, 1.807) is 13.0 Å². The molecule has 1 aromatic carbocycles. The van der Waals surface area contributed by atoms with Crippen molar-refractivity contribution in [3.05, 3.63) is 63.2 Å². The van der Waals surface area contributed by atoms with Crippen molar-refractivity contribution >= 4 is 0 Å². The molecule has 3 heteroatoms. The molecule has 0 bridgehead atoms. The number of fused-ring (bicyclic) bond motifs is 1. The molecule has 2 aromatic rings. The van der Waals surface area contributed by atoms with E-state index in [0.29, 0.717) is 23.5 Å². The van der Waals surface area contributed by atoms with Crippen LogP contribution in [0.2, 0.25) is 0 Å². The van der Waals surface area contributed by atoms with Gasteiger partial charge in [0.2, 0.25) is 0 Å². The third-order valence-electron chi connectivity index (χ3n) is 3.24. The molecular weight excluding hydrogens is 228 g/mol. The molecule has 0 N–H and O–H groups in total. The fourth-order valence-corrected chi connectivity index (χ4v) is 2.25. The topological polar surface area (TPSA) is 39.4 Å². The van der Waals surface area contributed by atoms with Gasteiger partial charge < -0.3 is 9.15 Å². The van der Waals surface area contributed by atoms with Gasteiger partial charge in [-0.1, -0.05) is 29.8 Å². The van der Waals surface area contributed by atoms with Crippen LogP contribution in [0.5, 0.6) is 5.75 Å². The Bertz CT molecular complexity index is 638. The molecule has 3 nitrogen and oxygen atoms in total. The Balaban J connectivity index is 1.95. The smallest absolute Gasteiger partial charge is 0.343 e. The molecule has 1 unspecified atom stereocenters. The van der Waals surface area contributed by atoms with Crippen LogP contribution < -0.4 is 10.4 Å². The maximum atomic E-state index is 11.7. The van der Waals surface area contributed by atoms with E-state index in [2.05, 4.69) is 12.1 Å². The van der Waals surface area contributed by atoms with E-state index in [1.807, 2.05) is 19.1 Å². The lowest BCUT2D eigenvalue weighted by Crippen LogP contribution is -2.06. The number of hydrogen-bond acceptors (Lipinski definition) is 3. The summed E-state index contributed by atoms with van der Waals surface area (Å²) >= 11 is 0. The summed E-state index contributed by atoms with van der Waals surface area (Å²) in [7, 11) is 0. The average Bonchev–Trinajstić information content (AvgIpc) is 2.74. The van der Waals surface area contributed by atoms with Crippen LogP contribution in [-0.2, 0) is 6.42 Å². The molecule has 92 valence electrons. The van der Waals surface area contributed by atoms with E-state index >= 15 is 0 Å². The van der Waals surface area contributed by atoms with Gasteiger partial charge in [-0.3, -0.25) is 0 Å². The summed E-state index contributed by atoms with van der Waals surface area (Å²) in [6, 6.07) is 9.97. The highest BCUT2D eigenvalue weighted by atomic mass is 16.5. The van der Waals surface area contributed by atoms with Crippen LogP contribution >= 0.6 is 0 Å². The molecule has 0 spiro atoms. The van der Waals surface area contributed by atoms with E-state index in [1.165, 1.54) is 5.56 Å². The summed E-state index contributed by atoms with van der Waals surface area (Å²) in [6.45, 7) is 3.80. The number of rotatable bonds is 1. The standard InChI is InChI=1S/C15H14O3/c1-9-3-5-11(6-4-9)13-8-12-14(18-13)7-10(2)17-15(12)16/h3-7,13H,8H2,1-2H3. The molecular formula is C15H14O3. The molecule has 1 aliphatic heterocycles. The van der Waals surface area contributed by atoms with Crippen molar-refractivity contribution in [1.82, 2.24) is 0 Å². The van der Waals surface area contributed by atoms with Crippen LogP contribution in [0.25, 0.3) is 0 Å². The van der Waals surface area contributed by atoms with Gasteiger partial charge in [-0.2, -0.15) is 0 Å². The Morgan fingerprint density at radius 2 is 1.89 bits per heavy atom. The SMILES string of the molecule is Cc1ccc(C2Cc3c(cc(C)oc3=O)O2)cc1. The van der Waals surface area contributed by atoms with Gasteiger partial charge in [0.1, 0.15) is 17.6 Å². The molecule has 1 atom stereocenters. The van der Waals surface area contributed by atoms with Gasteiger partial charge in [0.25, 0.3) is 0 Å². The van der Waals surface area contributed by atoms with Crippen molar-refractivity contribution in [1.29, 1.82) is 0 Å². The predicted molar refractivity (Wildman–Crippen MR) is 68.0 cm³/mol. The molecule has 0 radical (unpaired) electrons. The highest BCUT2D eigenvalue weighted by molar-refractivity contribution is 5.38. The van der Waals surface area contributed by atoms with Crippen molar-refractivity contribution in [3.8, 4) is 5.75 Å². The summed E-state index contributed by atoms with van der Waals surface area (Å²) in [5.41, 5.74) is 2.67. The molecule has 18 heavy (non-hydrogen) atoms. The van der Waals surface area contributed by atoms with Crippen molar-refractivity contribution < 1.29 is 9.15 Å². The van der Waals surface area contributed by atoms with Crippen LogP contribution in [0.15, 0.2) is 39.5 Å². The summed E-state index contributed by atoms with van der Waals surface area (Å²) in [5, 5.41) is 0. The third kappa shape index (κ3) is 1.82. The van der Waals surface area contributed by atoms with Gasteiger partial charge in [-0.25, -0.2) is 4.79 Å². The van der Waals surface area contributed by atoms with Crippen LogP contribution in [0, 0.1) is 13.8 Å². The second-order valence-electron chi connectivity index (χ2n) is 4.71. The summed E-state index contributed by atoms with van der Waals surface area (Å²) in [6.07, 6.45) is 0.506. The molecule has 3 rings (SSSR count). The number of aryl methyl sites for hydroxylation is 2. The van der Waals surface area contributed by atoms with Gasteiger partial charge in [-0.15, -0.1) is 0 Å². The number of ether oxygens (including phenoxy) is 1. The number of hydrogen-bond donors (Lipinski definition) is 0. The van der Waals surface area contributed by atoms with E-state index in [4.69, 9.17) is 9.15 Å². The van der Waals surface area contributed by atoms with E-state index < -0.39 is 0 Å². The monoisotopic (exact) mass is 242 g/mol. The minimum atomic E-state index is -0.278. The summed E-state index contributed by atoms with van der Waals surface area (Å²) in [4.78, 5) is 11.7. The van der Waals surface area contributed by atoms with Crippen molar-refractivity contribution in [3.63, 3.8) is 0 Å². The maximum Gasteiger partial charge on any atom is 0.343 e. The first kappa shape index (κ1) is 11.1. The van der Waals surface area contributed by atoms with Crippen LogP contribution in [0.4, 0.5) is 0 Å². The van der Waals surface area contributed by atoms with Crippen LogP contribution in [0.3, 0.4) is 0 Å². The van der Waals surface area contributed by atoms with E-state index in [-0.39, 0.29) is 11.7 Å². The Kier molecular flexibility index (Phi) is 2.47. The lowest BCUT2D eigenvalue weighted by Gasteiger charge is -2.10. The first-order valence-corrected chi connectivity index (χ1v) is 6.00. The quantitative estimate of drug-likeness (QED) is 0.771. The van der Waals surface area contributed by atoms with Crippen LogP contribution in [0.1, 0.15) is 28.6 Å². The van der Waals surface area contributed by atoms with Crippen molar-refractivity contribution in [2.24, 2.45) is 0 Å². The average molecular weight is 242 g/mol. The second kappa shape index (κ2) is 4.02. The van der Waals surface area contributed by atoms with Crippen LogP contribution in [-0.4, -0.2) is 0 Å². The fourth-order valence-electron chi connectivity index (χ4n) is 2.25. The van der Waals surface area contributed by atoms with Crippen molar-refractivity contribution in [2.75, 3.05) is 0 Å². The lowest BCUT2D eigenvalue weighted by atomic mass is 10.0. The summed E-state index contributed by atoms with van der Waals surface area (Å²) < 4.78 is 10.9. The van der Waals surface area contributed by atoms with Gasteiger partial charge in [0, 0.05) is 12.5 Å². The highest BCUT2D eigenvalue weighted by Gasteiger charge is 2.27. The molecule has 0 aliphatic carbocycles. The van der Waals surface area contributed by atoms with E-state index in [9.17, 15) is 4.79 Å². The number of benzene rings is 1. The summed E-state index contributed by atoms with van der Waals surface area (Å²) in [5.74, 6) is 1.25. The Morgan fingerprint density at radius 3 is 2.61 bits per heavy atom. The first-order valence-electron chi connectivity index (χ1n) is 6.00. The van der Waals surface area contributed by atoms with Gasteiger partial charge in [0.05, 0.1) is 5.56 Å². The molecule has 1 aromatic heterocycles. The fraction of sp³-hybridized carbons (Fsp3) is 0.267. The maximum absolute atomic E-state index is 11.7. The minimum Gasteiger partial charge on any atom is -0.485 e. The predicted octanol–water partition coefficient (Wildman–Crippen LogP) is 2.93. The second-order valence-corrected chi connectivity index (χ2v) is 4.71. The van der Waals surface area contributed by atoms with Crippen molar-refractivity contribution in [2.45, 2.75) is 26.4 Å². The van der Waals surface area contributed by atoms with Gasteiger partial charge in [-0.05, 0) is 19.4 Å². The Morgan fingerprint density at radius 1 is 1.17 bits per heavy atom. The zero-order valence-electron chi connectivity index (χ0n) is 10.4. The normalized spacial score (nSPS) is 17.3. The Hall–Kier alpha value is -2.03. The lowest BCUT2D eigenvalue weighted by molar-refractivity contribution is 0.238. The molecule has 0 amide bonds. The minimum absolute atomic E-state index is 0.0784. The molecule has 0 fully saturated rings. The first-order chi connectivity index (χ1) is 8.63. The van der Waals surface area contributed by atoms with Gasteiger partial charge >= 0.3 is 5.63 Å². The molecule has 2 heterocycles. The van der Waals surface area contributed by atoms with E-state index in [0.717, 1.165) is 5.56 Å². The largest absolute Gasteiger partial charge is 0.485 e. The Labute approximate surface area is 105 Å². The zero-order valence-corrected chi connectivity index (χ0v) is 10.4. The molecule has 0 saturated heterocycles.